The lowest BCUT2D eigenvalue weighted by molar-refractivity contribution is 0.559. The van der Waals surface area contributed by atoms with Crippen LogP contribution in [-0.2, 0) is 6.42 Å². The van der Waals surface area contributed by atoms with Gasteiger partial charge in [-0.2, -0.15) is 0 Å². The van der Waals surface area contributed by atoms with Gasteiger partial charge in [-0.15, -0.1) is 0 Å². The van der Waals surface area contributed by atoms with E-state index in [1.165, 1.54) is 0 Å². The van der Waals surface area contributed by atoms with Crippen LogP contribution in [0, 0.1) is 5.82 Å². The van der Waals surface area contributed by atoms with Crippen LogP contribution in [0.4, 0.5) is 10.1 Å². The molecule has 0 aromatic heterocycles. The van der Waals surface area contributed by atoms with Crippen molar-refractivity contribution in [3.8, 4) is 0 Å². The van der Waals surface area contributed by atoms with Crippen LogP contribution in [0.25, 0.3) is 0 Å². The second-order valence-electron chi connectivity index (χ2n) is 4.86. The molecule has 3 nitrogen and oxygen atoms in total. The fraction of sp³-hybridized carbons (Fsp3) is 0.571. The van der Waals surface area contributed by atoms with Crippen molar-refractivity contribution in [1.82, 2.24) is 5.32 Å². The molecule has 0 bridgehead atoms. The summed E-state index contributed by atoms with van der Waals surface area (Å²) in [7, 11) is 0. The summed E-state index contributed by atoms with van der Waals surface area (Å²) in [5.74, 6) is -0.127. The van der Waals surface area contributed by atoms with Gasteiger partial charge in [0.2, 0.25) is 0 Å². The van der Waals surface area contributed by atoms with Crippen molar-refractivity contribution < 1.29 is 4.39 Å². The molecule has 100 valence electrons. The zero-order valence-corrected chi connectivity index (χ0v) is 11.0. The van der Waals surface area contributed by atoms with Crippen molar-refractivity contribution in [2.45, 2.75) is 25.8 Å². The zero-order chi connectivity index (χ0) is 13.0. The van der Waals surface area contributed by atoms with Gasteiger partial charge in [-0.05, 0) is 24.5 Å². The van der Waals surface area contributed by atoms with Crippen molar-refractivity contribution in [3.05, 3.63) is 29.6 Å². The normalized spacial score (nSPS) is 17.8. The topological polar surface area (TPSA) is 41.3 Å². The molecule has 2 rings (SSSR count). The maximum absolute atomic E-state index is 14.1. The van der Waals surface area contributed by atoms with Crippen LogP contribution in [0.2, 0.25) is 0 Å². The van der Waals surface area contributed by atoms with Crippen LogP contribution < -0.4 is 16.0 Å². The van der Waals surface area contributed by atoms with Gasteiger partial charge in [-0.1, -0.05) is 19.1 Å². The number of rotatable bonds is 4. The van der Waals surface area contributed by atoms with E-state index in [0.29, 0.717) is 0 Å². The minimum Gasteiger partial charge on any atom is -0.366 e. The number of nitrogens with one attached hydrogen (secondary N) is 1. The van der Waals surface area contributed by atoms with Crippen LogP contribution in [0.5, 0.6) is 0 Å². The molecule has 0 saturated carbocycles. The Kier molecular flexibility index (Phi) is 4.55. The predicted octanol–water partition coefficient (Wildman–Crippen LogP) is 1.52. The van der Waals surface area contributed by atoms with Gasteiger partial charge >= 0.3 is 0 Å². The van der Waals surface area contributed by atoms with Gasteiger partial charge in [-0.25, -0.2) is 4.39 Å². The average molecular weight is 251 g/mol. The van der Waals surface area contributed by atoms with Crippen LogP contribution in [-0.4, -0.2) is 32.2 Å². The number of para-hydroxylation sites is 1. The highest BCUT2D eigenvalue weighted by Gasteiger charge is 2.18. The SMILES string of the molecule is CCC(N)Cc1cccc(F)c1N1CCNCC1. The van der Waals surface area contributed by atoms with Crippen molar-refractivity contribution in [1.29, 1.82) is 0 Å². The Labute approximate surface area is 108 Å². The van der Waals surface area contributed by atoms with E-state index in [1.807, 2.05) is 6.07 Å². The number of hydrogen-bond donors (Lipinski definition) is 2. The highest BCUT2D eigenvalue weighted by molar-refractivity contribution is 5.55. The largest absolute Gasteiger partial charge is 0.366 e. The summed E-state index contributed by atoms with van der Waals surface area (Å²) in [4.78, 5) is 2.13. The van der Waals surface area contributed by atoms with Crippen molar-refractivity contribution >= 4 is 5.69 Å². The van der Waals surface area contributed by atoms with Crippen molar-refractivity contribution in [2.75, 3.05) is 31.1 Å². The fourth-order valence-electron chi connectivity index (χ4n) is 2.39. The third kappa shape index (κ3) is 3.00. The van der Waals surface area contributed by atoms with Gasteiger partial charge < -0.3 is 16.0 Å². The Hall–Kier alpha value is -1.13. The smallest absolute Gasteiger partial charge is 0.146 e. The second-order valence-corrected chi connectivity index (χ2v) is 4.86. The molecule has 0 spiro atoms. The van der Waals surface area contributed by atoms with E-state index in [9.17, 15) is 4.39 Å². The number of piperazine rings is 1. The Bertz CT molecular complexity index is 389. The summed E-state index contributed by atoms with van der Waals surface area (Å²) in [6.07, 6.45) is 1.66. The third-order valence-electron chi connectivity index (χ3n) is 3.51. The second kappa shape index (κ2) is 6.16. The van der Waals surface area contributed by atoms with E-state index in [1.54, 1.807) is 12.1 Å². The number of benzene rings is 1. The Morgan fingerprint density at radius 1 is 1.39 bits per heavy atom. The molecule has 1 atom stereocenters. The van der Waals surface area contributed by atoms with Crippen molar-refractivity contribution in [3.63, 3.8) is 0 Å². The Balaban J connectivity index is 2.25. The molecule has 3 N–H and O–H groups in total. The average Bonchev–Trinajstić information content (AvgIpc) is 2.40. The number of halogens is 1. The predicted molar refractivity (Wildman–Crippen MR) is 73.5 cm³/mol. The molecule has 1 unspecified atom stereocenters. The molecular formula is C14H22FN3. The monoisotopic (exact) mass is 251 g/mol. The summed E-state index contributed by atoms with van der Waals surface area (Å²) in [6.45, 7) is 5.60. The first-order chi connectivity index (χ1) is 8.72. The van der Waals surface area contributed by atoms with E-state index in [-0.39, 0.29) is 11.9 Å². The number of hydrogen-bond acceptors (Lipinski definition) is 3. The zero-order valence-electron chi connectivity index (χ0n) is 11.0. The van der Waals surface area contributed by atoms with Crippen LogP contribution in [0.1, 0.15) is 18.9 Å². The molecule has 1 aliphatic heterocycles. The minimum absolute atomic E-state index is 0.105. The van der Waals surface area contributed by atoms with Gasteiger partial charge in [0.05, 0.1) is 5.69 Å². The van der Waals surface area contributed by atoms with Gasteiger partial charge in [-0.3, -0.25) is 0 Å². The number of nitrogens with two attached hydrogens (primary N) is 1. The molecular weight excluding hydrogens is 229 g/mol. The molecule has 18 heavy (non-hydrogen) atoms. The third-order valence-corrected chi connectivity index (χ3v) is 3.51. The van der Waals surface area contributed by atoms with Gasteiger partial charge in [0.15, 0.2) is 0 Å². The van der Waals surface area contributed by atoms with Gasteiger partial charge in [0.25, 0.3) is 0 Å². The maximum atomic E-state index is 14.1. The van der Waals surface area contributed by atoms with Gasteiger partial charge in [0, 0.05) is 32.2 Å². The molecule has 1 heterocycles. The lowest BCUT2D eigenvalue weighted by atomic mass is 10.0. The van der Waals surface area contributed by atoms with E-state index < -0.39 is 0 Å². The highest BCUT2D eigenvalue weighted by Crippen LogP contribution is 2.26. The first kappa shape index (κ1) is 13.3. The highest BCUT2D eigenvalue weighted by atomic mass is 19.1. The fourth-order valence-corrected chi connectivity index (χ4v) is 2.39. The van der Waals surface area contributed by atoms with Crippen LogP contribution >= 0.6 is 0 Å². The minimum atomic E-state index is -0.127. The lowest BCUT2D eigenvalue weighted by Crippen LogP contribution is -2.44. The molecule has 1 fully saturated rings. The van der Waals surface area contributed by atoms with E-state index in [4.69, 9.17) is 5.73 Å². The molecule has 0 amide bonds. The Morgan fingerprint density at radius 2 is 2.11 bits per heavy atom. The lowest BCUT2D eigenvalue weighted by Gasteiger charge is -2.31. The van der Waals surface area contributed by atoms with E-state index >= 15 is 0 Å². The van der Waals surface area contributed by atoms with Crippen molar-refractivity contribution in [2.24, 2.45) is 5.73 Å². The molecule has 1 saturated heterocycles. The molecule has 1 aliphatic rings. The molecule has 1 aromatic rings. The standard InChI is InChI=1S/C14H22FN3/c1-2-12(16)10-11-4-3-5-13(15)14(11)18-8-6-17-7-9-18/h3-5,12,17H,2,6-10,16H2,1H3. The van der Waals surface area contributed by atoms with E-state index in [0.717, 1.165) is 50.3 Å². The molecule has 0 aliphatic carbocycles. The number of anilines is 1. The quantitative estimate of drug-likeness (QED) is 0.852. The summed E-state index contributed by atoms with van der Waals surface area (Å²) in [6, 6.07) is 5.42. The Morgan fingerprint density at radius 3 is 2.78 bits per heavy atom. The summed E-state index contributed by atoms with van der Waals surface area (Å²) in [5, 5.41) is 3.29. The first-order valence-electron chi connectivity index (χ1n) is 6.71. The van der Waals surface area contributed by atoms with Gasteiger partial charge in [0.1, 0.15) is 5.82 Å². The summed E-state index contributed by atoms with van der Waals surface area (Å²) < 4.78 is 14.1. The first-order valence-corrected chi connectivity index (χ1v) is 6.71. The molecule has 0 radical (unpaired) electrons. The van der Waals surface area contributed by atoms with Crippen LogP contribution in [0.3, 0.4) is 0 Å². The maximum Gasteiger partial charge on any atom is 0.146 e. The summed E-state index contributed by atoms with van der Waals surface area (Å²) in [5.41, 5.74) is 7.79. The van der Waals surface area contributed by atoms with Crippen LogP contribution in [0.15, 0.2) is 18.2 Å². The van der Waals surface area contributed by atoms with E-state index in [2.05, 4.69) is 17.1 Å². The molecule has 1 aromatic carbocycles. The summed E-state index contributed by atoms with van der Waals surface area (Å²) >= 11 is 0. The number of nitrogens with zero attached hydrogens (tertiary/aromatic N) is 1. The molecule has 4 heteroatoms.